The Labute approximate surface area is 88.0 Å². The molecule has 0 unspecified atom stereocenters. The fraction of sp³-hybridized carbons (Fsp3) is 0.800. The third-order valence-electron chi connectivity index (χ3n) is 2.42. The molecule has 0 aromatic rings. The maximum absolute atomic E-state index is 11.3. The number of carbonyl (C=O) groups excluding carboxylic acids is 2. The van der Waals surface area contributed by atoms with Crippen LogP contribution < -0.4 is 0 Å². The standard InChI is InChI=1S/C10H16O5/c1-6-2-3-7(11)4-8(12)9(13)5-10(14)15-6/h6,8-9,12-13H,2-5H2,1H3/t6-,8-,9-/m0/s1. The molecule has 5 nitrogen and oxygen atoms in total. The van der Waals surface area contributed by atoms with Gasteiger partial charge in [-0.15, -0.1) is 0 Å². The summed E-state index contributed by atoms with van der Waals surface area (Å²) in [4.78, 5) is 22.4. The van der Waals surface area contributed by atoms with Gasteiger partial charge in [-0.3, -0.25) is 9.59 Å². The largest absolute Gasteiger partial charge is 0.463 e. The summed E-state index contributed by atoms with van der Waals surface area (Å²) in [6.07, 6.45) is -2.33. The number of aliphatic hydroxyl groups is 2. The molecule has 0 aromatic carbocycles. The van der Waals surface area contributed by atoms with Crippen molar-refractivity contribution < 1.29 is 24.5 Å². The van der Waals surface area contributed by atoms with E-state index in [4.69, 9.17) is 4.74 Å². The number of hydrogen-bond acceptors (Lipinski definition) is 5. The molecule has 1 heterocycles. The smallest absolute Gasteiger partial charge is 0.308 e. The number of carbonyl (C=O) groups is 2. The van der Waals surface area contributed by atoms with Crippen LogP contribution in [0.25, 0.3) is 0 Å². The van der Waals surface area contributed by atoms with Crippen molar-refractivity contribution in [3.8, 4) is 0 Å². The van der Waals surface area contributed by atoms with Crippen LogP contribution in [0.15, 0.2) is 0 Å². The molecule has 2 N–H and O–H groups in total. The van der Waals surface area contributed by atoms with Gasteiger partial charge < -0.3 is 14.9 Å². The van der Waals surface area contributed by atoms with Crippen LogP contribution in [0.3, 0.4) is 0 Å². The highest BCUT2D eigenvalue weighted by Crippen LogP contribution is 2.13. The van der Waals surface area contributed by atoms with Crippen molar-refractivity contribution in [2.75, 3.05) is 0 Å². The highest BCUT2D eigenvalue weighted by Gasteiger charge is 2.25. The molecule has 0 aromatic heterocycles. The van der Waals surface area contributed by atoms with E-state index in [1.54, 1.807) is 6.92 Å². The molecule has 1 aliphatic rings. The summed E-state index contributed by atoms with van der Waals surface area (Å²) in [7, 11) is 0. The number of rotatable bonds is 0. The number of ether oxygens (including phenoxy) is 1. The van der Waals surface area contributed by atoms with Gasteiger partial charge in [-0.2, -0.15) is 0 Å². The van der Waals surface area contributed by atoms with Gasteiger partial charge in [0.05, 0.1) is 24.7 Å². The number of Topliss-reactive ketones (excluding diaryl/α,β-unsaturated/α-hetero) is 1. The SMILES string of the molecule is C[C@H]1CCC(=O)C[C@H](O)[C@@H](O)CC(=O)O1. The Kier molecular flexibility index (Phi) is 4.23. The first-order chi connectivity index (χ1) is 6.99. The minimum atomic E-state index is -1.22. The lowest BCUT2D eigenvalue weighted by molar-refractivity contribution is -0.154. The number of aliphatic hydroxyl groups excluding tert-OH is 2. The van der Waals surface area contributed by atoms with Crippen LogP contribution in [0.4, 0.5) is 0 Å². The zero-order valence-electron chi connectivity index (χ0n) is 8.68. The molecule has 0 saturated carbocycles. The Balaban J connectivity index is 2.63. The maximum Gasteiger partial charge on any atom is 0.308 e. The Hall–Kier alpha value is -0.940. The third kappa shape index (κ3) is 3.97. The summed E-state index contributed by atoms with van der Waals surface area (Å²) >= 11 is 0. The molecule has 3 atom stereocenters. The first-order valence-electron chi connectivity index (χ1n) is 5.06. The van der Waals surface area contributed by atoms with E-state index in [1.165, 1.54) is 0 Å². The van der Waals surface area contributed by atoms with Crippen molar-refractivity contribution in [2.24, 2.45) is 0 Å². The Morgan fingerprint density at radius 1 is 1.20 bits per heavy atom. The second kappa shape index (κ2) is 5.23. The molecule has 1 saturated heterocycles. The molecule has 0 aliphatic carbocycles. The van der Waals surface area contributed by atoms with Gasteiger partial charge in [0.2, 0.25) is 0 Å². The predicted octanol–water partition coefficient (Wildman–Crippen LogP) is -0.217. The molecular formula is C10H16O5. The van der Waals surface area contributed by atoms with Crippen LogP contribution in [0, 0.1) is 0 Å². The zero-order chi connectivity index (χ0) is 11.4. The molecule has 0 amide bonds. The van der Waals surface area contributed by atoms with E-state index in [0.717, 1.165) is 0 Å². The third-order valence-corrected chi connectivity index (χ3v) is 2.42. The lowest BCUT2D eigenvalue weighted by Gasteiger charge is -2.20. The van der Waals surface area contributed by atoms with Crippen LogP contribution in [0.5, 0.6) is 0 Å². The van der Waals surface area contributed by atoms with Crippen LogP contribution in [0.2, 0.25) is 0 Å². The van der Waals surface area contributed by atoms with Crippen molar-refractivity contribution in [2.45, 2.75) is 50.9 Å². The first-order valence-corrected chi connectivity index (χ1v) is 5.06. The van der Waals surface area contributed by atoms with Crippen molar-refractivity contribution >= 4 is 11.8 Å². The van der Waals surface area contributed by atoms with Gasteiger partial charge >= 0.3 is 5.97 Å². The molecule has 1 rings (SSSR count). The second-order valence-corrected chi connectivity index (χ2v) is 3.92. The number of esters is 1. The minimum absolute atomic E-state index is 0.0961. The molecule has 1 aliphatic heterocycles. The molecule has 0 bridgehead atoms. The molecule has 5 heteroatoms. The Bertz CT molecular complexity index is 250. The summed E-state index contributed by atoms with van der Waals surface area (Å²) in [6.45, 7) is 1.70. The molecule has 86 valence electrons. The number of hydrogen-bond donors (Lipinski definition) is 2. The van der Waals surface area contributed by atoms with Crippen molar-refractivity contribution in [3.05, 3.63) is 0 Å². The quantitative estimate of drug-likeness (QED) is 0.547. The summed E-state index contributed by atoms with van der Waals surface area (Å²) in [5, 5.41) is 18.7. The number of ketones is 1. The Morgan fingerprint density at radius 2 is 1.80 bits per heavy atom. The van der Waals surface area contributed by atoms with E-state index in [1.807, 2.05) is 0 Å². The first kappa shape index (κ1) is 12.1. The summed E-state index contributed by atoms with van der Waals surface area (Å²) < 4.78 is 4.93. The number of cyclic esters (lactones) is 1. The fourth-order valence-corrected chi connectivity index (χ4v) is 1.47. The molecule has 0 spiro atoms. The summed E-state index contributed by atoms with van der Waals surface area (Å²) in [5.74, 6) is -0.658. The van der Waals surface area contributed by atoms with E-state index in [9.17, 15) is 19.8 Å². The van der Waals surface area contributed by atoms with Crippen LogP contribution in [-0.4, -0.2) is 40.3 Å². The zero-order valence-corrected chi connectivity index (χ0v) is 8.68. The lowest BCUT2D eigenvalue weighted by atomic mass is 10.0. The van der Waals surface area contributed by atoms with Crippen molar-refractivity contribution in [1.82, 2.24) is 0 Å². The molecule has 1 fully saturated rings. The highest BCUT2D eigenvalue weighted by atomic mass is 16.5. The average Bonchev–Trinajstić information content (AvgIpc) is 2.13. The van der Waals surface area contributed by atoms with E-state index in [2.05, 4.69) is 0 Å². The summed E-state index contributed by atoms with van der Waals surface area (Å²) in [5.41, 5.74) is 0. The molecular weight excluding hydrogens is 200 g/mol. The van der Waals surface area contributed by atoms with Gasteiger partial charge in [0, 0.05) is 12.8 Å². The van der Waals surface area contributed by atoms with E-state index in [0.29, 0.717) is 6.42 Å². The minimum Gasteiger partial charge on any atom is -0.463 e. The van der Waals surface area contributed by atoms with E-state index < -0.39 is 18.2 Å². The lowest BCUT2D eigenvalue weighted by Crippen LogP contribution is -2.33. The maximum atomic E-state index is 11.3. The Morgan fingerprint density at radius 3 is 2.47 bits per heavy atom. The van der Waals surface area contributed by atoms with Crippen LogP contribution in [-0.2, 0) is 14.3 Å². The topological polar surface area (TPSA) is 83.8 Å². The second-order valence-electron chi connectivity index (χ2n) is 3.92. The predicted molar refractivity (Wildman–Crippen MR) is 51.0 cm³/mol. The monoisotopic (exact) mass is 216 g/mol. The van der Waals surface area contributed by atoms with E-state index >= 15 is 0 Å². The van der Waals surface area contributed by atoms with Crippen LogP contribution in [0.1, 0.15) is 32.6 Å². The van der Waals surface area contributed by atoms with Gasteiger partial charge in [-0.1, -0.05) is 0 Å². The normalized spacial score (nSPS) is 34.7. The fourth-order valence-electron chi connectivity index (χ4n) is 1.47. The van der Waals surface area contributed by atoms with Gasteiger partial charge in [0.25, 0.3) is 0 Å². The van der Waals surface area contributed by atoms with Crippen molar-refractivity contribution in [3.63, 3.8) is 0 Å². The van der Waals surface area contributed by atoms with E-state index in [-0.39, 0.29) is 31.1 Å². The molecule has 0 radical (unpaired) electrons. The summed E-state index contributed by atoms with van der Waals surface area (Å²) in [6, 6.07) is 0. The van der Waals surface area contributed by atoms with Crippen LogP contribution >= 0.6 is 0 Å². The highest BCUT2D eigenvalue weighted by molar-refractivity contribution is 5.79. The van der Waals surface area contributed by atoms with Gasteiger partial charge in [0.1, 0.15) is 5.78 Å². The molecule has 15 heavy (non-hydrogen) atoms. The average molecular weight is 216 g/mol. The van der Waals surface area contributed by atoms with Crippen molar-refractivity contribution in [1.29, 1.82) is 0 Å². The van der Waals surface area contributed by atoms with Gasteiger partial charge in [-0.05, 0) is 13.3 Å². The van der Waals surface area contributed by atoms with Gasteiger partial charge in [0.15, 0.2) is 0 Å². The van der Waals surface area contributed by atoms with Gasteiger partial charge in [-0.25, -0.2) is 0 Å².